The maximum absolute atomic E-state index is 13.4. The van der Waals surface area contributed by atoms with E-state index in [1.54, 1.807) is 12.1 Å². The third-order valence-corrected chi connectivity index (χ3v) is 5.76. The molecule has 2 atom stereocenters. The van der Waals surface area contributed by atoms with Crippen molar-refractivity contribution in [3.63, 3.8) is 0 Å². The van der Waals surface area contributed by atoms with Gasteiger partial charge in [0, 0.05) is 16.9 Å². The van der Waals surface area contributed by atoms with Gasteiger partial charge in [-0.2, -0.15) is 11.8 Å². The van der Waals surface area contributed by atoms with Gasteiger partial charge in [0.2, 0.25) is 0 Å². The minimum absolute atomic E-state index is 0.110. The van der Waals surface area contributed by atoms with Crippen molar-refractivity contribution in [2.24, 2.45) is 10.8 Å². The Morgan fingerprint density at radius 1 is 1.05 bits per heavy atom. The summed E-state index contributed by atoms with van der Waals surface area (Å²) in [6, 6.07) is 5.35. The second kappa shape index (κ2) is 4.80. The van der Waals surface area contributed by atoms with Gasteiger partial charge in [-0.25, -0.2) is 4.39 Å². The molecule has 2 heteroatoms. The standard InChI is InChI=1S/C17H25FS/c1-16(2,3)14-13-8-7-12(18)9-11(13)10-19-15(14)17(4,5)6/h7-9,14-15H,10H2,1-6H3. The number of hydrogen-bond donors (Lipinski definition) is 0. The number of halogens is 1. The van der Waals surface area contributed by atoms with Crippen LogP contribution >= 0.6 is 11.8 Å². The van der Waals surface area contributed by atoms with Crippen molar-refractivity contribution in [3.8, 4) is 0 Å². The van der Waals surface area contributed by atoms with E-state index in [1.807, 2.05) is 17.8 Å². The average molecular weight is 280 g/mol. The molecule has 0 spiro atoms. The second-order valence-electron chi connectivity index (χ2n) is 7.78. The van der Waals surface area contributed by atoms with E-state index in [9.17, 15) is 4.39 Å². The molecule has 2 rings (SSSR count). The van der Waals surface area contributed by atoms with Crippen LogP contribution in [0.3, 0.4) is 0 Å². The van der Waals surface area contributed by atoms with Gasteiger partial charge in [0.15, 0.2) is 0 Å². The van der Waals surface area contributed by atoms with Gasteiger partial charge in [0.25, 0.3) is 0 Å². The number of fused-ring (bicyclic) bond motifs is 1. The summed E-state index contributed by atoms with van der Waals surface area (Å²) < 4.78 is 13.4. The predicted molar refractivity (Wildman–Crippen MR) is 83.1 cm³/mol. The molecule has 0 radical (unpaired) electrons. The van der Waals surface area contributed by atoms with Crippen molar-refractivity contribution < 1.29 is 4.39 Å². The van der Waals surface area contributed by atoms with E-state index in [0.29, 0.717) is 11.2 Å². The fraction of sp³-hybridized carbons (Fsp3) is 0.647. The van der Waals surface area contributed by atoms with Crippen LogP contribution in [0.2, 0.25) is 0 Å². The van der Waals surface area contributed by atoms with Gasteiger partial charge in [0.1, 0.15) is 5.82 Å². The zero-order chi connectivity index (χ0) is 14.4. The maximum atomic E-state index is 13.4. The van der Waals surface area contributed by atoms with Gasteiger partial charge in [0.05, 0.1) is 0 Å². The average Bonchev–Trinajstić information content (AvgIpc) is 2.24. The fourth-order valence-corrected chi connectivity index (χ4v) is 4.97. The number of rotatable bonds is 0. The summed E-state index contributed by atoms with van der Waals surface area (Å²) in [5.41, 5.74) is 2.99. The highest BCUT2D eigenvalue weighted by Gasteiger charge is 2.43. The topological polar surface area (TPSA) is 0 Å². The summed E-state index contributed by atoms with van der Waals surface area (Å²) in [6.07, 6.45) is 0. The largest absolute Gasteiger partial charge is 0.207 e. The summed E-state index contributed by atoms with van der Waals surface area (Å²) in [7, 11) is 0. The van der Waals surface area contributed by atoms with Crippen molar-refractivity contribution in [1.29, 1.82) is 0 Å². The Hall–Kier alpha value is -0.500. The van der Waals surface area contributed by atoms with Crippen molar-refractivity contribution in [1.82, 2.24) is 0 Å². The molecule has 106 valence electrons. The summed E-state index contributed by atoms with van der Waals surface area (Å²) in [5.74, 6) is 1.30. The predicted octanol–water partition coefficient (Wildman–Crippen LogP) is 5.62. The first kappa shape index (κ1) is 14.9. The van der Waals surface area contributed by atoms with E-state index in [2.05, 4.69) is 41.5 Å². The van der Waals surface area contributed by atoms with Crippen LogP contribution in [-0.4, -0.2) is 5.25 Å². The first-order chi connectivity index (χ1) is 8.60. The minimum atomic E-state index is -0.110. The molecule has 0 fully saturated rings. The van der Waals surface area contributed by atoms with E-state index in [0.717, 1.165) is 5.75 Å². The molecule has 1 heterocycles. The van der Waals surface area contributed by atoms with E-state index in [1.165, 1.54) is 11.1 Å². The molecule has 0 aliphatic carbocycles. The van der Waals surface area contributed by atoms with Crippen LogP contribution in [0.4, 0.5) is 4.39 Å². The first-order valence-corrected chi connectivity index (χ1v) is 8.05. The lowest BCUT2D eigenvalue weighted by Gasteiger charge is -2.47. The fourth-order valence-electron chi connectivity index (χ4n) is 3.11. The van der Waals surface area contributed by atoms with Crippen molar-refractivity contribution in [2.75, 3.05) is 0 Å². The van der Waals surface area contributed by atoms with E-state index in [-0.39, 0.29) is 16.6 Å². The Bertz CT molecular complexity index is 465. The van der Waals surface area contributed by atoms with Crippen LogP contribution in [0.5, 0.6) is 0 Å². The van der Waals surface area contributed by atoms with Crippen molar-refractivity contribution in [3.05, 3.63) is 35.1 Å². The molecule has 0 N–H and O–H groups in total. The monoisotopic (exact) mass is 280 g/mol. The molecule has 0 bridgehead atoms. The molecule has 0 saturated carbocycles. The van der Waals surface area contributed by atoms with Gasteiger partial charge in [-0.1, -0.05) is 47.6 Å². The van der Waals surface area contributed by atoms with E-state index in [4.69, 9.17) is 0 Å². The highest BCUT2D eigenvalue weighted by molar-refractivity contribution is 7.99. The zero-order valence-electron chi connectivity index (χ0n) is 12.9. The lowest BCUT2D eigenvalue weighted by molar-refractivity contribution is 0.237. The molecule has 1 aromatic carbocycles. The van der Waals surface area contributed by atoms with Crippen LogP contribution < -0.4 is 0 Å². The highest BCUT2D eigenvalue weighted by atomic mass is 32.2. The molecule has 0 nitrogen and oxygen atoms in total. The third kappa shape index (κ3) is 2.99. The SMILES string of the molecule is CC(C)(C)C1SCc2cc(F)ccc2C1C(C)(C)C. The lowest BCUT2D eigenvalue weighted by atomic mass is 9.67. The molecule has 2 unspecified atom stereocenters. The Kier molecular flexibility index (Phi) is 3.77. The minimum Gasteiger partial charge on any atom is -0.207 e. The Morgan fingerprint density at radius 3 is 2.21 bits per heavy atom. The first-order valence-electron chi connectivity index (χ1n) is 7.00. The molecule has 0 amide bonds. The molecular formula is C17H25FS. The summed E-state index contributed by atoms with van der Waals surface area (Å²) in [5, 5.41) is 0.575. The Labute approximate surface area is 121 Å². The second-order valence-corrected chi connectivity index (χ2v) is 8.91. The maximum Gasteiger partial charge on any atom is 0.123 e. The molecule has 1 aliphatic heterocycles. The van der Waals surface area contributed by atoms with Gasteiger partial charge >= 0.3 is 0 Å². The Balaban J connectivity index is 2.53. The van der Waals surface area contributed by atoms with Gasteiger partial charge < -0.3 is 0 Å². The van der Waals surface area contributed by atoms with Crippen LogP contribution in [-0.2, 0) is 5.75 Å². The van der Waals surface area contributed by atoms with Gasteiger partial charge in [-0.3, -0.25) is 0 Å². The van der Waals surface area contributed by atoms with Gasteiger partial charge in [-0.05, 0) is 34.1 Å². The third-order valence-electron chi connectivity index (χ3n) is 3.95. The van der Waals surface area contributed by atoms with Crippen molar-refractivity contribution >= 4 is 11.8 Å². The molecular weight excluding hydrogens is 255 g/mol. The number of thioether (sulfide) groups is 1. The van der Waals surface area contributed by atoms with Crippen LogP contribution in [0, 0.1) is 16.6 Å². The smallest absolute Gasteiger partial charge is 0.123 e. The molecule has 0 saturated heterocycles. The van der Waals surface area contributed by atoms with Crippen molar-refractivity contribution in [2.45, 2.75) is 58.5 Å². The summed E-state index contributed by atoms with van der Waals surface area (Å²) in [6.45, 7) is 13.9. The normalized spacial score (nSPS) is 24.2. The molecule has 1 aliphatic rings. The quantitative estimate of drug-likeness (QED) is 0.594. The molecule has 0 aromatic heterocycles. The van der Waals surface area contributed by atoms with E-state index < -0.39 is 0 Å². The van der Waals surface area contributed by atoms with Gasteiger partial charge in [-0.15, -0.1) is 0 Å². The van der Waals surface area contributed by atoms with Crippen LogP contribution in [0.1, 0.15) is 58.6 Å². The lowest BCUT2D eigenvalue weighted by Crippen LogP contribution is -2.39. The number of hydrogen-bond acceptors (Lipinski definition) is 1. The summed E-state index contributed by atoms with van der Waals surface area (Å²) >= 11 is 1.99. The Morgan fingerprint density at radius 2 is 1.68 bits per heavy atom. The summed E-state index contributed by atoms with van der Waals surface area (Å²) in [4.78, 5) is 0. The molecule has 19 heavy (non-hydrogen) atoms. The van der Waals surface area contributed by atoms with E-state index >= 15 is 0 Å². The van der Waals surface area contributed by atoms with Crippen LogP contribution in [0.25, 0.3) is 0 Å². The number of benzene rings is 1. The zero-order valence-corrected chi connectivity index (χ0v) is 13.7. The molecule has 1 aromatic rings. The van der Waals surface area contributed by atoms with Crippen LogP contribution in [0.15, 0.2) is 18.2 Å². The highest BCUT2D eigenvalue weighted by Crippen LogP contribution is 2.53.